The van der Waals surface area contributed by atoms with E-state index in [0.29, 0.717) is 0 Å². The Labute approximate surface area is 120 Å². The molecule has 0 bridgehead atoms. The van der Waals surface area contributed by atoms with Gasteiger partial charge in [0, 0.05) is 38.0 Å². The first-order chi connectivity index (χ1) is 8.01. The van der Waals surface area contributed by atoms with E-state index in [-0.39, 0.29) is 16.6 Å². The molecule has 0 aliphatic carbocycles. The van der Waals surface area contributed by atoms with Gasteiger partial charge in [0.05, 0.1) is 0 Å². The summed E-state index contributed by atoms with van der Waals surface area (Å²) in [5.41, 5.74) is 0. The molecule has 18 heavy (non-hydrogen) atoms. The van der Waals surface area contributed by atoms with Gasteiger partial charge in [-0.3, -0.25) is 0 Å². The molecule has 0 amide bonds. The fourth-order valence-corrected chi connectivity index (χ4v) is 4.42. The molecule has 0 spiro atoms. The highest BCUT2D eigenvalue weighted by molar-refractivity contribution is 7.35. The molecule has 0 radical (unpaired) electrons. The summed E-state index contributed by atoms with van der Waals surface area (Å²) in [7, 11) is 1.40. The first-order valence-electron chi connectivity index (χ1n) is 6.56. The van der Waals surface area contributed by atoms with Crippen LogP contribution in [0.3, 0.4) is 0 Å². The van der Waals surface area contributed by atoms with Crippen molar-refractivity contribution in [2.24, 2.45) is 0 Å². The normalized spacial score (nSPS) is 11.7. The van der Waals surface area contributed by atoms with Crippen LogP contribution in [0.5, 0.6) is 0 Å². The predicted molar refractivity (Wildman–Crippen MR) is 94.9 cm³/mol. The van der Waals surface area contributed by atoms with E-state index < -0.39 is 15.7 Å². The molecule has 0 aliphatic rings. The van der Waals surface area contributed by atoms with Crippen molar-refractivity contribution in [3.63, 3.8) is 0 Å². The number of hydrogen-bond acceptors (Lipinski definition) is 3. The van der Waals surface area contributed by atoms with Crippen LogP contribution in [0.2, 0.25) is 52.4 Å². The van der Waals surface area contributed by atoms with Crippen LogP contribution in [0.25, 0.3) is 0 Å². The second-order valence-electron chi connectivity index (χ2n) is 5.92. The van der Waals surface area contributed by atoms with Gasteiger partial charge in [0.2, 0.25) is 15.7 Å². The fourth-order valence-electron chi connectivity index (χ4n) is 0.492. The summed E-state index contributed by atoms with van der Waals surface area (Å²) < 4.78 is 10.9. The van der Waals surface area contributed by atoms with Crippen LogP contribution < -0.4 is 0 Å². The largest absolute Gasteiger partial charge is 0.420 e. The predicted octanol–water partition coefficient (Wildman–Crippen LogP) is 2.41. The zero-order valence-corrected chi connectivity index (χ0v) is 18.7. The minimum Gasteiger partial charge on any atom is -0.420 e. The maximum Gasteiger partial charge on any atom is 0.204 e. The SMILES string of the molecule is CO.CO[Si](C)(C)[Si](C)(C)OC.C[SiH](C)[SiH](C)C. The Bertz CT molecular complexity index is 165. The van der Waals surface area contributed by atoms with Gasteiger partial charge in [-0.05, 0) is 26.2 Å². The molecule has 1 N–H and O–H groups in total. The summed E-state index contributed by atoms with van der Waals surface area (Å²) in [6, 6.07) is 0. The van der Waals surface area contributed by atoms with Crippen molar-refractivity contribution < 1.29 is 14.0 Å². The Balaban J connectivity index is -0.000000241. The molecule has 0 aliphatic heterocycles. The molecule has 3 nitrogen and oxygen atoms in total. The Kier molecular flexibility index (Phi) is 15.3. The van der Waals surface area contributed by atoms with Crippen molar-refractivity contribution in [1.82, 2.24) is 0 Å². The zero-order valence-electron chi connectivity index (χ0n) is 14.4. The second kappa shape index (κ2) is 11.6. The van der Waals surface area contributed by atoms with E-state index in [9.17, 15) is 0 Å². The van der Waals surface area contributed by atoms with Gasteiger partial charge in [0.25, 0.3) is 0 Å². The average molecular weight is 329 g/mol. The molecule has 0 aromatic carbocycles. The van der Waals surface area contributed by atoms with Crippen molar-refractivity contribution >= 4 is 32.3 Å². The van der Waals surface area contributed by atoms with Crippen LogP contribution in [0.1, 0.15) is 0 Å². The maximum atomic E-state index is 7.00. The quantitative estimate of drug-likeness (QED) is 0.806. The smallest absolute Gasteiger partial charge is 0.204 e. The average Bonchev–Trinajstić information content (AvgIpc) is 2.32. The van der Waals surface area contributed by atoms with Crippen LogP contribution in [0.4, 0.5) is 0 Å². The van der Waals surface area contributed by atoms with Gasteiger partial charge in [-0.15, -0.1) is 0 Å². The minimum absolute atomic E-state index is 0.105. The molecule has 0 fully saturated rings. The summed E-state index contributed by atoms with van der Waals surface area (Å²) in [4.78, 5) is 0. The second-order valence-corrected chi connectivity index (χ2v) is 33.0. The van der Waals surface area contributed by atoms with Gasteiger partial charge >= 0.3 is 0 Å². The minimum atomic E-state index is -1.49. The maximum absolute atomic E-state index is 7.00. The molecule has 114 valence electrons. The fraction of sp³-hybridized carbons (Fsp3) is 1.00. The lowest BCUT2D eigenvalue weighted by Gasteiger charge is -2.34. The molecule has 0 atom stereocenters. The molecule has 0 unspecified atom stereocenters. The van der Waals surface area contributed by atoms with Gasteiger partial charge in [0.1, 0.15) is 0 Å². The van der Waals surface area contributed by atoms with Crippen molar-refractivity contribution in [3.8, 4) is 0 Å². The standard InChI is InChI=1S/C6H18O2Si2.C4H14Si2.CH4O/c1-7-9(3,4)10(5,6)8-2;1-5(2)6(3)4;1-2/h1-6H3;5-6H,1-4H3;2H,1H3. The lowest BCUT2D eigenvalue weighted by molar-refractivity contribution is 0.379. The van der Waals surface area contributed by atoms with Crippen LogP contribution in [0.15, 0.2) is 0 Å². The van der Waals surface area contributed by atoms with E-state index in [1.54, 1.807) is 14.2 Å². The first-order valence-corrected chi connectivity index (χ1v) is 20.7. The number of aliphatic hydroxyl groups excluding tert-OH is 1. The van der Waals surface area contributed by atoms with Crippen LogP contribution in [-0.4, -0.2) is 58.7 Å². The highest BCUT2D eigenvalue weighted by atomic mass is 29.3. The lowest BCUT2D eigenvalue weighted by atomic mass is 11.8. The third-order valence-electron chi connectivity index (χ3n) is 3.80. The molecule has 0 aromatic rings. The summed E-state index contributed by atoms with van der Waals surface area (Å²) >= 11 is 0. The molecule has 0 saturated heterocycles. The molecule has 7 heteroatoms. The Hall–Kier alpha value is 0.748. The summed E-state index contributed by atoms with van der Waals surface area (Å²) in [5, 5.41) is 7.00. The van der Waals surface area contributed by atoms with E-state index in [1.165, 1.54) is 0 Å². The van der Waals surface area contributed by atoms with Gasteiger partial charge < -0.3 is 14.0 Å². The molecular formula is C11H36O3Si4. The Morgan fingerprint density at radius 2 is 0.833 bits per heavy atom. The van der Waals surface area contributed by atoms with E-state index in [2.05, 4.69) is 52.4 Å². The third-order valence-corrected chi connectivity index (χ3v) is 29.3. The van der Waals surface area contributed by atoms with Crippen molar-refractivity contribution in [1.29, 1.82) is 0 Å². The molecular weight excluding hydrogens is 292 g/mol. The number of aliphatic hydroxyl groups is 1. The van der Waals surface area contributed by atoms with Crippen LogP contribution in [-0.2, 0) is 8.85 Å². The van der Waals surface area contributed by atoms with E-state index in [1.807, 2.05) is 0 Å². The Morgan fingerprint density at radius 1 is 0.667 bits per heavy atom. The van der Waals surface area contributed by atoms with E-state index >= 15 is 0 Å². The van der Waals surface area contributed by atoms with Crippen LogP contribution >= 0.6 is 0 Å². The Morgan fingerprint density at radius 3 is 0.889 bits per heavy atom. The van der Waals surface area contributed by atoms with E-state index in [0.717, 1.165) is 7.11 Å². The van der Waals surface area contributed by atoms with Crippen LogP contribution in [0, 0.1) is 0 Å². The third kappa shape index (κ3) is 10.7. The number of hydrogen-bond donors (Lipinski definition) is 1. The van der Waals surface area contributed by atoms with Gasteiger partial charge in [-0.25, -0.2) is 0 Å². The summed E-state index contributed by atoms with van der Waals surface area (Å²) in [6.07, 6.45) is 0. The molecule has 0 saturated carbocycles. The summed E-state index contributed by atoms with van der Waals surface area (Å²) in [5.74, 6) is 0. The van der Waals surface area contributed by atoms with Gasteiger partial charge in [-0.1, -0.05) is 26.2 Å². The van der Waals surface area contributed by atoms with Crippen molar-refractivity contribution in [2.45, 2.75) is 52.4 Å². The van der Waals surface area contributed by atoms with Crippen molar-refractivity contribution in [3.05, 3.63) is 0 Å². The molecule has 0 rings (SSSR count). The highest BCUT2D eigenvalue weighted by Crippen LogP contribution is 2.19. The monoisotopic (exact) mass is 328 g/mol. The summed E-state index contributed by atoms with van der Waals surface area (Å²) in [6.45, 7) is 18.6. The van der Waals surface area contributed by atoms with Crippen molar-refractivity contribution in [2.75, 3.05) is 21.3 Å². The lowest BCUT2D eigenvalue weighted by Crippen LogP contribution is -2.58. The topological polar surface area (TPSA) is 38.7 Å². The number of rotatable bonds is 4. The molecule has 0 aromatic heterocycles. The van der Waals surface area contributed by atoms with E-state index in [4.69, 9.17) is 14.0 Å². The van der Waals surface area contributed by atoms with Gasteiger partial charge in [-0.2, -0.15) is 0 Å². The zero-order chi connectivity index (χ0) is 15.6. The first kappa shape index (κ1) is 23.8. The highest BCUT2D eigenvalue weighted by Gasteiger charge is 2.43. The van der Waals surface area contributed by atoms with Gasteiger partial charge in [0.15, 0.2) is 0 Å². The molecule has 0 heterocycles.